The second-order valence-corrected chi connectivity index (χ2v) is 7.17. The van der Waals surface area contributed by atoms with Gasteiger partial charge in [0.05, 0.1) is 4.90 Å². The number of sulfonamides is 1. The summed E-state index contributed by atoms with van der Waals surface area (Å²) in [5, 5.41) is 0.591. The van der Waals surface area contributed by atoms with E-state index in [1.165, 1.54) is 24.3 Å². The Labute approximate surface area is 140 Å². The Morgan fingerprint density at radius 2 is 1.70 bits per heavy atom. The summed E-state index contributed by atoms with van der Waals surface area (Å²) < 4.78 is 27.6. The van der Waals surface area contributed by atoms with Crippen molar-refractivity contribution in [3.05, 3.63) is 64.7 Å². The number of primary amides is 1. The molecule has 3 N–H and O–H groups in total. The Balaban J connectivity index is 2.24. The van der Waals surface area contributed by atoms with Crippen LogP contribution in [0.15, 0.2) is 53.4 Å². The van der Waals surface area contributed by atoms with Crippen LogP contribution in [-0.2, 0) is 10.0 Å². The summed E-state index contributed by atoms with van der Waals surface area (Å²) >= 11 is 5.85. The zero-order valence-corrected chi connectivity index (χ0v) is 14.1. The van der Waals surface area contributed by atoms with Crippen LogP contribution in [0, 0.1) is 0 Å². The van der Waals surface area contributed by atoms with E-state index in [2.05, 4.69) is 4.72 Å². The van der Waals surface area contributed by atoms with Gasteiger partial charge in [-0.2, -0.15) is 0 Å². The van der Waals surface area contributed by atoms with Crippen LogP contribution < -0.4 is 10.5 Å². The maximum absolute atomic E-state index is 12.5. The highest BCUT2D eigenvalue weighted by atomic mass is 35.5. The summed E-state index contributed by atoms with van der Waals surface area (Å²) in [6, 6.07) is 12.1. The number of hydrogen-bond donors (Lipinski definition) is 2. The van der Waals surface area contributed by atoms with Gasteiger partial charge in [0.2, 0.25) is 15.9 Å². The van der Waals surface area contributed by atoms with Gasteiger partial charge in [0.25, 0.3) is 0 Å². The van der Waals surface area contributed by atoms with Gasteiger partial charge in [-0.1, -0.05) is 30.7 Å². The standard InChI is InChI=1S/C16H17ClN2O3S/c1-2-15(11-3-7-13(17)8-4-11)19-23(21,22)14-9-5-12(6-10-14)16(18)20/h3-10,15,19H,2H2,1H3,(H2,18,20). The summed E-state index contributed by atoms with van der Waals surface area (Å²) in [7, 11) is -3.71. The molecule has 2 aromatic carbocycles. The lowest BCUT2D eigenvalue weighted by atomic mass is 10.1. The molecule has 1 unspecified atom stereocenters. The molecule has 0 saturated heterocycles. The number of nitrogens with one attached hydrogen (secondary N) is 1. The summed E-state index contributed by atoms with van der Waals surface area (Å²) in [6.07, 6.45) is 0.584. The van der Waals surface area contributed by atoms with E-state index in [4.69, 9.17) is 17.3 Å². The molecule has 0 radical (unpaired) electrons. The number of nitrogens with two attached hydrogens (primary N) is 1. The van der Waals surface area contributed by atoms with Crippen LogP contribution in [0.4, 0.5) is 0 Å². The summed E-state index contributed by atoms with van der Waals surface area (Å²) in [6.45, 7) is 1.89. The topological polar surface area (TPSA) is 89.3 Å². The minimum Gasteiger partial charge on any atom is -0.366 e. The van der Waals surface area contributed by atoms with Crippen molar-refractivity contribution >= 4 is 27.5 Å². The van der Waals surface area contributed by atoms with Crippen molar-refractivity contribution in [2.24, 2.45) is 5.73 Å². The van der Waals surface area contributed by atoms with Crippen molar-refractivity contribution in [2.75, 3.05) is 0 Å². The number of amides is 1. The van der Waals surface area contributed by atoms with E-state index in [1.54, 1.807) is 24.3 Å². The van der Waals surface area contributed by atoms with E-state index in [1.807, 2.05) is 6.92 Å². The third-order valence-corrected chi connectivity index (χ3v) is 5.17. The number of benzene rings is 2. The molecule has 0 aliphatic rings. The molecule has 0 aromatic heterocycles. The molecule has 5 nitrogen and oxygen atoms in total. The van der Waals surface area contributed by atoms with Crippen LogP contribution in [0.2, 0.25) is 5.02 Å². The first-order valence-electron chi connectivity index (χ1n) is 7.01. The summed E-state index contributed by atoms with van der Waals surface area (Å²) in [4.78, 5) is 11.1. The zero-order valence-electron chi connectivity index (χ0n) is 12.5. The first-order chi connectivity index (χ1) is 10.8. The molecule has 0 saturated carbocycles. The molecule has 0 spiro atoms. The molecule has 0 fully saturated rings. The predicted octanol–water partition coefficient (Wildman–Crippen LogP) is 2.87. The molecule has 1 atom stereocenters. The second-order valence-electron chi connectivity index (χ2n) is 5.02. The average molecular weight is 353 g/mol. The molecule has 2 aromatic rings. The van der Waals surface area contributed by atoms with Gasteiger partial charge in [0, 0.05) is 16.6 Å². The molecule has 2 rings (SSSR count). The van der Waals surface area contributed by atoms with Crippen molar-refractivity contribution in [1.82, 2.24) is 4.72 Å². The minimum atomic E-state index is -3.71. The molecule has 0 heterocycles. The molecular weight excluding hydrogens is 336 g/mol. The fourth-order valence-electron chi connectivity index (χ4n) is 2.14. The maximum Gasteiger partial charge on any atom is 0.248 e. The number of halogens is 1. The Bertz CT molecular complexity index is 787. The van der Waals surface area contributed by atoms with E-state index < -0.39 is 15.9 Å². The van der Waals surface area contributed by atoms with E-state index in [9.17, 15) is 13.2 Å². The highest BCUT2D eigenvalue weighted by molar-refractivity contribution is 7.89. The van der Waals surface area contributed by atoms with Crippen LogP contribution in [-0.4, -0.2) is 14.3 Å². The Morgan fingerprint density at radius 3 is 2.17 bits per heavy atom. The van der Waals surface area contributed by atoms with Gasteiger partial charge in [-0.25, -0.2) is 13.1 Å². The number of carbonyl (C=O) groups excluding carboxylic acids is 1. The lowest BCUT2D eigenvalue weighted by molar-refractivity contribution is 0.1000. The monoisotopic (exact) mass is 352 g/mol. The first kappa shape index (κ1) is 17.5. The fraction of sp³-hybridized carbons (Fsp3) is 0.188. The van der Waals surface area contributed by atoms with Crippen LogP contribution >= 0.6 is 11.6 Å². The van der Waals surface area contributed by atoms with Gasteiger partial charge >= 0.3 is 0 Å². The van der Waals surface area contributed by atoms with Gasteiger partial charge in [0.15, 0.2) is 0 Å². The quantitative estimate of drug-likeness (QED) is 0.837. The maximum atomic E-state index is 12.5. The van der Waals surface area contributed by atoms with E-state index >= 15 is 0 Å². The van der Waals surface area contributed by atoms with Crippen LogP contribution in [0.3, 0.4) is 0 Å². The van der Waals surface area contributed by atoms with E-state index in [0.717, 1.165) is 5.56 Å². The number of carbonyl (C=O) groups is 1. The summed E-state index contributed by atoms with van der Waals surface area (Å²) in [5.74, 6) is -0.602. The van der Waals surface area contributed by atoms with Crippen molar-refractivity contribution in [2.45, 2.75) is 24.3 Å². The van der Waals surface area contributed by atoms with Gasteiger partial charge in [-0.15, -0.1) is 0 Å². The smallest absolute Gasteiger partial charge is 0.248 e. The largest absolute Gasteiger partial charge is 0.366 e. The van der Waals surface area contributed by atoms with E-state index in [-0.39, 0.29) is 16.5 Å². The second kappa shape index (κ2) is 7.12. The average Bonchev–Trinajstić information content (AvgIpc) is 2.53. The zero-order chi connectivity index (χ0) is 17.0. The Kier molecular flexibility index (Phi) is 5.41. The fourth-order valence-corrected chi connectivity index (χ4v) is 3.57. The van der Waals surface area contributed by atoms with Crippen molar-refractivity contribution < 1.29 is 13.2 Å². The molecule has 0 bridgehead atoms. The van der Waals surface area contributed by atoms with E-state index in [0.29, 0.717) is 11.4 Å². The van der Waals surface area contributed by atoms with Gasteiger partial charge in [-0.05, 0) is 48.4 Å². The molecule has 7 heteroatoms. The SMILES string of the molecule is CCC(NS(=O)(=O)c1ccc(C(N)=O)cc1)c1ccc(Cl)cc1. The predicted molar refractivity (Wildman–Crippen MR) is 89.8 cm³/mol. The van der Waals surface area contributed by atoms with Crippen LogP contribution in [0.1, 0.15) is 35.3 Å². The van der Waals surface area contributed by atoms with Gasteiger partial charge in [-0.3, -0.25) is 4.79 Å². The van der Waals surface area contributed by atoms with Crippen LogP contribution in [0.25, 0.3) is 0 Å². The molecule has 0 aliphatic heterocycles. The first-order valence-corrected chi connectivity index (χ1v) is 8.87. The number of rotatable bonds is 6. The normalized spacial score (nSPS) is 12.8. The summed E-state index contributed by atoms with van der Waals surface area (Å²) in [5.41, 5.74) is 6.23. The third kappa shape index (κ3) is 4.31. The highest BCUT2D eigenvalue weighted by Gasteiger charge is 2.20. The lowest BCUT2D eigenvalue weighted by Crippen LogP contribution is -2.28. The van der Waals surface area contributed by atoms with Crippen molar-refractivity contribution in [1.29, 1.82) is 0 Å². The number of hydrogen-bond acceptors (Lipinski definition) is 3. The molecule has 0 aliphatic carbocycles. The molecule has 23 heavy (non-hydrogen) atoms. The Morgan fingerprint density at radius 1 is 1.13 bits per heavy atom. The molecule has 122 valence electrons. The molecule has 1 amide bonds. The van der Waals surface area contributed by atoms with Crippen LogP contribution in [0.5, 0.6) is 0 Å². The minimum absolute atomic E-state index is 0.0786. The highest BCUT2D eigenvalue weighted by Crippen LogP contribution is 2.22. The van der Waals surface area contributed by atoms with Gasteiger partial charge < -0.3 is 5.73 Å². The molecular formula is C16H17ClN2O3S. The van der Waals surface area contributed by atoms with Crippen molar-refractivity contribution in [3.63, 3.8) is 0 Å². The Hall–Kier alpha value is -1.89. The van der Waals surface area contributed by atoms with Crippen molar-refractivity contribution in [3.8, 4) is 0 Å². The van der Waals surface area contributed by atoms with Gasteiger partial charge in [0.1, 0.15) is 0 Å². The third-order valence-electron chi connectivity index (χ3n) is 3.43. The lowest BCUT2D eigenvalue weighted by Gasteiger charge is -2.17.